The first-order valence-electron chi connectivity index (χ1n) is 10.5. The van der Waals surface area contributed by atoms with Crippen molar-refractivity contribution in [2.45, 2.75) is 44.9 Å². The summed E-state index contributed by atoms with van der Waals surface area (Å²) in [5.74, 6) is 0.933. The molecule has 1 unspecified atom stereocenters. The molecule has 4 nitrogen and oxygen atoms in total. The van der Waals surface area contributed by atoms with Crippen molar-refractivity contribution in [2.75, 3.05) is 0 Å². The van der Waals surface area contributed by atoms with Crippen LogP contribution in [-0.4, -0.2) is 19.7 Å². The fourth-order valence-electron chi connectivity index (χ4n) is 3.81. The van der Waals surface area contributed by atoms with E-state index in [-0.39, 0.29) is 5.25 Å². The molecule has 2 aromatic heterocycles. The third-order valence-electron chi connectivity index (χ3n) is 5.35. The topological polar surface area (TPSA) is 46.5 Å². The number of thiol groups is 1. The highest BCUT2D eigenvalue weighted by atomic mass is 32.1. The van der Waals surface area contributed by atoms with E-state index in [1.165, 1.54) is 5.69 Å². The number of hydrogen-bond acceptors (Lipinski definition) is 3. The van der Waals surface area contributed by atoms with Gasteiger partial charge in [0.1, 0.15) is 5.82 Å². The molecule has 0 aliphatic carbocycles. The Labute approximate surface area is 183 Å². The molecule has 1 N–H and O–H groups in total. The van der Waals surface area contributed by atoms with Gasteiger partial charge in [0.25, 0.3) is 0 Å². The van der Waals surface area contributed by atoms with Crippen LogP contribution in [0.1, 0.15) is 41.7 Å². The van der Waals surface area contributed by atoms with Gasteiger partial charge in [-0.2, -0.15) is 17.7 Å². The molecule has 0 aliphatic heterocycles. The summed E-state index contributed by atoms with van der Waals surface area (Å²) in [6.45, 7) is 5.10. The summed E-state index contributed by atoms with van der Waals surface area (Å²) in [7, 11) is 0. The molecule has 154 valence electrons. The van der Waals surface area contributed by atoms with Crippen LogP contribution in [0, 0.1) is 13.8 Å². The number of unbranched alkanes of at least 4 members (excludes halogenated alkanes) is 1. The molecule has 0 amide bonds. The maximum atomic E-state index is 4.96. The minimum Gasteiger partial charge on any atom is -0.341 e. The van der Waals surface area contributed by atoms with Crippen LogP contribution < -0.4 is 0 Å². The molecule has 0 bridgehead atoms. The van der Waals surface area contributed by atoms with E-state index in [0.717, 1.165) is 59.8 Å². The summed E-state index contributed by atoms with van der Waals surface area (Å²) >= 11 is 4.87. The minimum absolute atomic E-state index is 0.0744. The molecule has 5 heteroatoms. The van der Waals surface area contributed by atoms with Gasteiger partial charge in [0, 0.05) is 23.4 Å². The molecular weight excluding hydrogens is 388 g/mol. The number of nitrogens with one attached hydrogen (secondary N) is 1. The predicted molar refractivity (Wildman–Crippen MR) is 127 cm³/mol. The fraction of sp³-hybridized carbons (Fsp3) is 0.280. The Morgan fingerprint density at radius 1 is 0.933 bits per heavy atom. The first kappa shape index (κ1) is 20.5. The summed E-state index contributed by atoms with van der Waals surface area (Å²) in [5.41, 5.74) is 6.60. The van der Waals surface area contributed by atoms with Gasteiger partial charge in [0.15, 0.2) is 0 Å². The lowest BCUT2D eigenvalue weighted by molar-refractivity contribution is 0.528. The van der Waals surface area contributed by atoms with Crippen LogP contribution in [0.2, 0.25) is 0 Å². The molecule has 0 fully saturated rings. The Hall–Kier alpha value is -2.79. The van der Waals surface area contributed by atoms with E-state index in [1.807, 2.05) is 19.1 Å². The SMILES string of the molecule is Cc1cc(C)n(CCCCC(S)c2nc(-c3ccccc3)c(-c3ccccc3)[nH]2)n1. The van der Waals surface area contributed by atoms with Crippen LogP contribution in [-0.2, 0) is 6.54 Å². The summed E-state index contributed by atoms with van der Waals surface area (Å²) in [4.78, 5) is 8.52. The Bertz CT molecular complexity index is 1030. The highest BCUT2D eigenvalue weighted by Crippen LogP contribution is 2.34. The Kier molecular flexibility index (Phi) is 6.38. The van der Waals surface area contributed by atoms with Gasteiger partial charge < -0.3 is 4.98 Å². The van der Waals surface area contributed by atoms with Crippen LogP contribution in [0.25, 0.3) is 22.5 Å². The van der Waals surface area contributed by atoms with Gasteiger partial charge in [-0.1, -0.05) is 67.1 Å². The maximum Gasteiger partial charge on any atom is 0.120 e. The number of aryl methyl sites for hydroxylation is 3. The van der Waals surface area contributed by atoms with E-state index < -0.39 is 0 Å². The Balaban J connectivity index is 1.48. The molecule has 0 aliphatic rings. The van der Waals surface area contributed by atoms with E-state index >= 15 is 0 Å². The number of aromatic nitrogens is 4. The van der Waals surface area contributed by atoms with Crippen molar-refractivity contribution in [3.8, 4) is 22.5 Å². The predicted octanol–water partition coefficient (Wildman–Crippen LogP) is 6.40. The maximum absolute atomic E-state index is 4.96. The van der Waals surface area contributed by atoms with Crippen LogP contribution in [0.3, 0.4) is 0 Å². The lowest BCUT2D eigenvalue weighted by Crippen LogP contribution is -2.03. The summed E-state index contributed by atoms with van der Waals surface area (Å²) in [6.07, 6.45) is 3.13. The molecule has 0 radical (unpaired) electrons. The van der Waals surface area contributed by atoms with Crippen LogP contribution in [0.15, 0.2) is 66.7 Å². The van der Waals surface area contributed by atoms with Crippen LogP contribution >= 0.6 is 12.6 Å². The Morgan fingerprint density at radius 3 is 2.23 bits per heavy atom. The van der Waals surface area contributed by atoms with Gasteiger partial charge in [-0.15, -0.1) is 0 Å². The zero-order valence-electron chi connectivity index (χ0n) is 17.5. The van der Waals surface area contributed by atoms with Crippen molar-refractivity contribution < 1.29 is 0 Å². The van der Waals surface area contributed by atoms with Crippen molar-refractivity contribution in [1.82, 2.24) is 19.7 Å². The highest BCUT2D eigenvalue weighted by molar-refractivity contribution is 7.80. The number of H-pyrrole nitrogens is 1. The van der Waals surface area contributed by atoms with Gasteiger partial charge in [-0.3, -0.25) is 4.68 Å². The zero-order valence-corrected chi connectivity index (χ0v) is 18.4. The second kappa shape index (κ2) is 9.35. The molecule has 4 aromatic rings. The second-order valence-electron chi connectivity index (χ2n) is 7.74. The molecule has 0 saturated carbocycles. The van der Waals surface area contributed by atoms with Gasteiger partial charge in [-0.25, -0.2) is 4.98 Å². The first-order chi connectivity index (χ1) is 14.6. The van der Waals surface area contributed by atoms with Crippen LogP contribution in [0.4, 0.5) is 0 Å². The van der Waals surface area contributed by atoms with Gasteiger partial charge in [0.05, 0.1) is 22.3 Å². The number of rotatable bonds is 8. The molecule has 0 saturated heterocycles. The molecule has 2 aromatic carbocycles. The smallest absolute Gasteiger partial charge is 0.120 e. The van der Waals surface area contributed by atoms with Crippen molar-refractivity contribution in [3.05, 3.63) is 83.9 Å². The van der Waals surface area contributed by atoms with Crippen molar-refractivity contribution in [1.29, 1.82) is 0 Å². The minimum atomic E-state index is 0.0744. The zero-order chi connectivity index (χ0) is 20.9. The fourth-order valence-corrected chi connectivity index (χ4v) is 4.11. The molecule has 2 heterocycles. The van der Waals surface area contributed by atoms with E-state index in [9.17, 15) is 0 Å². The highest BCUT2D eigenvalue weighted by Gasteiger charge is 2.18. The first-order valence-corrected chi connectivity index (χ1v) is 11.0. The van der Waals surface area contributed by atoms with Gasteiger partial charge in [-0.05, 0) is 32.8 Å². The summed E-state index contributed by atoms with van der Waals surface area (Å²) in [6, 6.07) is 22.9. The van der Waals surface area contributed by atoms with Crippen molar-refractivity contribution in [3.63, 3.8) is 0 Å². The van der Waals surface area contributed by atoms with E-state index in [0.29, 0.717) is 0 Å². The third-order valence-corrected chi connectivity index (χ3v) is 5.85. The standard InChI is InChI=1S/C25H28N4S/c1-18-17-19(2)29(28-18)16-10-9-15-22(30)25-26-23(20-11-5-3-6-12-20)24(27-25)21-13-7-4-8-14-21/h3-8,11-14,17,22,30H,9-10,15-16H2,1-2H3,(H,26,27). The summed E-state index contributed by atoms with van der Waals surface area (Å²) in [5, 5.41) is 4.62. The average molecular weight is 417 g/mol. The van der Waals surface area contributed by atoms with Crippen molar-refractivity contribution in [2.24, 2.45) is 0 Å². The lowest BCUT2D eigenvalue weighted by Gasteiger charge is -2.08. The van der Waals surface area contributed by atoms with Gasteiger partial charge >= 0.3 is 0 Å². The van der Waals surface area contributed by atoms with Crippen LogP contribution in [0.5, 0.6) is 0 Å². The lowest BCUT2D eigenvalue weighted by atomic mass is 10.1. The second-order valence-corrected chi connectivity index (χ2v) is 8.36. The van der Waals surface area contributed by atoms with Crippen molar-refractivity contribution >= 4 is 12.6 Å². The largest absolute Gasteiger partial charge is 0.341 e. The number of aromatic amines is 1. The van der Waals surface area contributed by atoms with E-state index in [2.05, 4.69) is 76.3 Å². The Morgan fingerprint density at radius 2 is 1.60 bits per heavy atom. The number of nitrogens with zero attached hydrogens (tertiary/aromatic N) is 3. The molecule has 4 rings (SSSR count). The number of benzene rings is 2. The monoisotopic (exact) mass is 416 g/mol. The molecule has 1 atom stereocenters. The number of hydrogen-bond donors (Lipinski definition) is 2. The number of imidazole rings is 1. The van der Waals surface area contributed by atoms with E-state index in [1.54, 1.807) is 0 Å². The quantitative estimate of drug-likeness (QED) is 0.258. The third kappa shape index (κ3) is 4.68. The normalized spacial score (nSPS) is 12.2. The van der Waals surface area contributed by atoms with Gasteiger partial charge in [0.2, 0.25) is 0 Å². The van der Waals surface area contributed by atoms with E-state index in [4.69, 9.17) is 17.6 Å². The molecular formula is C25H28N4S. The summed E-state index contributed by atoms with van der Waals surface area (Å²) < 4.78 is 2.09. The average Bonchev–Trinajstić information content (AvgIpc) is 3.35. The molecule has 30 heavy (non-hydrogen) atoms. The molecule has 0 spiro atoms.